The van der Waals surface area contributed by atoms with Crippen LogP contribution in [0.1, 0.15) is 19.3 Å². The highest BCUT2D eigenvalue weighted by atomic mass is 32.2. The molecule has 112 valence electrons. The zero-order chi connectivity index (χ0) is 14.8. The first kappa shape index (κ1) is 15.1. The van der Waals surface area contributed by atoms with Gasteiger partial charge in [-0.1, -0.05) is 17.8 Å². The predicted molar refractivity (Wildman–Crippen MR) is 76.9 cm³/mol. The van der Waals surface area contributed by atoms with Gasteiger partial charge in [0.15, 0.2) is 0 Å². The molecule has 8 nitrogen and oxygen atoms in total. The Bertz CT molecular complexity index is 585. The summed E-state index contributed by atoms with van der Waals surface area (Å²) in [7, 11) is -3.39. The van der Waals surface area contributed by atoms with E-state index in [2.05, 4.69) is 20.2 Å². The second kappa shape index (κ2) is 6.02. The number of rotatable bonds is 5. The monoisotopic (exact) mass is 319 g/mol. The zero-order valence-electron chi connectivity index (χ0n) is 11.0. The molecule has 1 fully saturated rings. The molecule has 0 aromatic carbocycles. The van der Waals surface area contributed by atoms with Crippen LogP contribution < -0.4 is 15.8 Å². The molecule has 1 saturated carbocycles. The van der Waals surface area contributed by atoms with Crippen molar-refractivity contribution in [2.24, 2.45) is 17.6 Å². The van der Waals surface area contributed by atoms with Crippen molar-refractivity contribution in [3.63, 3.8) is 0 Å². The smallest absolute Gasteiger partial charge is 0.231 e. The largest absolute Gasteiger partial charge is 0.330 e. The molecule has 0 bridgehead atoms. The van der Waals surface area contributed by atoms with Crippen LogP contribution in [0, 0.1) is 11.8 Å². The van der Waals surface area contributed by atoms with Crippen LogP contribution in [0.4, 0.5) is 10.3 Å². The van der Waals surface area contributed by atoms with E-state index in [0.29, 0.717) is 6.54 Å². The minimum Gasteiger partial charge on any atom is -0.330 e. The number of aromatic nitrogens is 2. The van der Waals surface area contributed by atoms with Gasteiger partial charge in [-0.25, -0.2) is 8.42 Å². The fourth-order valence-electron chi connectivity index (χ4n) is 2.34. The van der Waals surface area contributed by atoms with E-state index < -0.39 is 10.0 Å². The first-order chi connectivity index (χ1) is 9.39. The predicted octanol–water partition coefficient (Wildman–Crippen LogP) is 0.223. The Morgan fingerprint density at radius 3 is 2.75 bits per heavy atom. The summed E-state index contributed by atoms with van der Waals surface area (Å²) >= 11 is 0.980. The van der Waals surface area contributed by atoms with E-state index in [1.54, 1.807) is 0 Å². The molecule has 0 radical (unpaired) electrons. The lowest BCUT2D eigenvalue weighted by atomic mass is 9.95. The second-order valence-corrected chi connectivity index (χ2v) is 7.54. The van der Waals surface area contributed by atoms with Crippen LogP contribution >= 0.6 is 11.3 Å². The van der Waals surface area contributed by atoms with Gasteiger partial charge in [-0.3, -0.25) is 9.52 Å². The Kier molecular flexibility index (Phi) is 4.55. The van der Waals surface area contributed by atoms with E-state index in [0.717, 1.165) is 36.9 Å². The standard InChI is InChI=1S/C10H17N5O3S2/c1-20(17,18)15-10-14-13-9(19-10)12-8(16)7-4-2-3-6(7)5-11/h6-7H,2-5,11H2,1H3,(H,14,15)(H,12,13,16)/t6-,7-/m1/s1. The van der Waals surface area contributed by atoms with Crippen molar-refractivity contribution in [1.29, 1.82) is 0 Å². The van der Waals surface area contributed by atoms with Crippen LogP contribution in [-0.4, -0.2) is 37.3 Å². The third kappa shape index (κ3) is 3.87. The molecule has 1 heterocycles. The van der Waals surface area contributed by atoms with Crippen molar-refractivity contribution < 1.29 is 13.2 Å². The molecule has 20 heavy (non-hydrogen) atoms. The number of nitrogens with two attached hydrogens (primary N) is 1. The number of hydrogen-bond acceptors (Lipinski definition) is 7. The van der Waals surface area contributed by atoms with Crippen molar-refractivity contribution in [2.75, 3.05) is 22.8 Å². The number of nitrogens with zero attached hydrogens (tertiary/aromatic N) is 2. The third-order valence-corrected chi connectivity index (χ3v) is 4.67. The van der Waals surface area contributed by atoms with Gasteiger partial charge < -0.3 is 11.1 Å². The van der Waals surface area contributed by atoms with Crippen LogP contribution in [0.15, 0.2) is 0 Å². The average Bonchev–Trinajstić information content (AvgIpc) is 2.95. The van der Waals surface area contributed by atoms with E-state index in [1.807, 2.05) is 0 Å². The van der Waals surface area contributed by atoms with Crippen molar-refractivity contribution in [3.05, 3.63) is 0 Å². The summed E-state index contributed by atoms with van der Waals surface area (Å²) < 4.78 is 24.3. The van der Waals surface area contributed by atoms with E-state index in [4.69, 9.17) is 5.73 Å². The lowest BCUT2D eigenvalue weighted by Gasteiger charge is -2.15. The number of amides is 1. The second-order valence-electron chi connectivity index (χ2n) is 4.81. The van der Waals surface area contributed by atoms with Crippen molar-refractivity contribution in [1.82, 2.24) is 10.2 Å². The van der Waals surface area contributed by atoms with Crippen molar-refractivity contribution >= 4 is 37.5 Å². The molecule has 0 aliphatic heterocycles. The highest BCUT2D eigenvalue weighted by Gasteiger charge is 2.32. The van der Waals surface area contributed by atoms with Gasteiger partial charge in [0.2, 0.25) is 26.2 Å². The van der Waals surface area contributed by atoms with Gasteiger partial charge in [-0.2, -0.15) is 0 Å². The van der Waals surface area contributed by atoms with E-state index in [1.165, 1.54) is 0 Å². The van der Waals surface area contributed by atoms with Gasteiger partial charge in [0.1, 0.15) is 0 Å². The van der Waals surface area contributed by atoms with Crippen LogP contribution in [-0.2, 0) is 14.8 Å². The number of carbonyl (C=O) groups is 1. The maximum absolute atomic E-state index is 12.1. The molecule has 0 spiro atoms. The van der Waals surface area contributed by atoms with Crippen molar-refractivity contribution in [2.45, 2.75) is 19.3 Å². The summed E-state index contributed by atoms with van der Waals surface area (Å²) in [6.07, 6.45) is 3.81. The molecule has 0 saturated heterocycles. The van der Waals surface area contributed by atoms with E-state index in [9.17, 15) is 13.2 Å². The molecule has 1 aliphatic rings. The molecule has 10 heteroatoms. The van der Waals surface area contributed by atoms with Gasteiger partial charge >= 0.3 is 0 Å². The summed E-state index contributed by atoms with van der Waals surface area (Å²) in [4.78, 5) is 12.1. The van der Waals surface area contributed by atoms with Gasteiger partial charge in [-0.15, -0.1) is 10.2 Å². The van der Waals surface area contributed by atoms with Gasteiger partial charge in [-0.05, 0) is 25.3 Å². The molecular formula is C10H17N5O3S2. The number of carbonyl (C=O) groups excluding carboxylic acids is 1. The molecule has 2 atom stereocenters. The topological polar surface area (TPSA) is 127 Å². The average molecular weight is 319 g/mol. The highest BCUT2D eigenvalue weighted by molar-refractivity contribution is 7.92. The normalized spacial score (nSPS) is 22.7. The quantitative estimate of drug-likeness (QED) is 0.712. The third-order valence-electron chi connectivity index (χ3n) is 3.23. The number of anilines is 2. The number of hydrogen-bond donors (Lipinski definition) is 3. The summed E-state index contributed by atoms with van der Waals surface area (Å²) in [6.45, 7) is 0.495. The SMILES string of the molecule is CS(=O)(=O)Nc1nnc(NC(=O)[C@@H]2CCC[C@@H]2CN)s1. The first-order valence-electron chi connectivity index (χ1n) is 6.21. The molecule has 2 rings (SSSR count). The molecular weight excluding hydrogens is 302 g/mol. The lowest BCUT2D eigenvalue weighted by molar-refractivity contribution is -0.120. The van der Waals surface area contributed by atoms with Gasteiger partial charge in [0.05, 0.1) is 6.26 Å². The minimum absolute atomic E-state index is 0.102. The molecule has 0 unspecified atom stereocenters. The fourth-order valence-corrected chi connectivity index (χ4v) is 3.81. The van der Waals surface area contributed by atoms with E-state index in [-0.39, 0.29) is 28.0 Å². The summed E-state index contributed by atoms with van der Waals surface area (Å²) in [5.41, 5.74) is 5.65. The Balaban J connectivity index is 1.98. The van der Waals surface area contributed by atoms with Crippen LogP contribution in [0.5, 0.6) is 0 Å². The Hall–Kier alpha value is -1.26. The lowest BCUT2D eigenvalue weighted by Crippen LogP contribution is -2.29. The minimum atomic E-state index is -3.39. The molecule has 1 aromatic rings. The number of nitrogens with one attached hydrogen (secondary N) is 2. The number of sulfonamides is 1. The maximum atomic E-state index is 12.1. The summed E-state index contributed by atoms with van der Waals surface area (Å²) in [5, 5.41) is 10.5. The van der Waals surface area contributed by atoms with Crippen molar-refractivity contribution in [3.8, 4) is 0 Å². The molecule has 1 aromatic heterocycles. The Morgan fingerprint density at radius 2 is 2.10 bits per heavy atom. The van der Waals surface area contributed by atoms with Gasteiger partial charge in [0, 0.05) is 5.92 Å². The zero-order valence-corrected chi connectivity index (χ0v) is 12.6. The molecule has 1 aliphatic carbocycles. The Morgan fingerprint density at radius 1 is 1.40 bits per heavy atom. The van der Waals surface area contributed by atoms with E-state index >= 15 is 0 Å². The van der Waals surface area contributed by atoms with Crippen LogP contribution in [0.3, 0.4) is 0 Å². The highest BCUT2D eigenvalue weighted by Crippen LogP contribution is 2.32. The summed E-state index contributed by atoms with van der Waals surface area (Å²) in [5.74, 6) is -0.0215. The van der Waals surface area contributed by atoms with Gasteiger partial charge in [0.25, 0.3) is 0 Å². The first-order valence-corrected chi connectivity index (χ1v) is 8.92. The Labute approximate surface area is 121 Å². The van der Waals surface area contributed by atoms with Crippen LogP contribution in [0.25, 0.3) is 0 Å². The van der Waals surface area contributed by atoms with Crippen LogP contribution in [0.2, 0.25) is 0 Å². The fraction of sp³-hybridized carbons (Fsp3) is 0.700. The molecule has 4 N–H and O–H groups in total. The maximum Gasteiger partial charge on any atom is 0.231 e. The summed E-state index contributed by atoms with van der Waals surface area (Å²) in [6, 6.07) is 0. The molecule has 1 amide bonds.